The summed E-state index contributed by atoms with van der Waals surface area (Å²) in [5.74, 6) is 0.650. The zero-order chi connectivity index (χ0) is 9.99. The molecule has 0 bridgehead atoms. The number of hydrogen-bond donors (Lipinski definition) is 1. The molecular formula is C11H25N. The van der Waals surface area contributed by atoms with Gasteiger partial charge in [-0.3, -0.25) is 0 Å². The molecular weight excluding hydrogens is 146 g/mol. The molecule has 1 heteroatoms. The first-order chi connectivity index (χ1) is 5.31. The average Bonchev–Trinajstić information content (AvgIpc) is 2.02. The van der Waals surface area contributed by atoms with Gasteiger partial charge < -0.3 is 5.73 Å². The first-order valence-electron chi connectivity index (χ1n) is 5.10. The van der Waals surface area contributed by atoms with Crippen molar-refractivity contribution in [3.05, 3.63) is 0 Å². The summed E-state index contributed by atoms with van der Waals surface area (Å²) in [5, 5.41) is 0. The quantitative estimate of drug-likeness (QED) is 0.690. The third-order valence-electron chi connectivity index (χ3n) is 4.05. The Bertz CT molecular complexity index is 138. The Morgan fingerprint density at radius 2 is 1.50 bits per heavy atom. The lowest BCUT2D eigenvalue weighted by Gasteiger charge is -2.46. The molecule has 0 aromatic carbocycles. The van der Waals surface area contributed by atoms with Crippen molar-refractivity contribution in [2.75, 3.05) is 0 Å². The maximum absolute atomic E-state index is 6.31. The minimum Gasteiger partial charge on any atom is -0.325 e. The maximum atomic E-state index is 6.31. The van der Waals surface area contributed by atoms with Crippen LogP contribution in [0, 0.1) is 11.3 Å². The van der Waals surface area contributed by atoms with Crippen molar-refractivity contribution >= 4 is 0 Å². The normalized spacial score (nSPS) is 22.0. The molecule has 1 nitrogen and oxygen atoms in total. The second-order valence-corrected chi connectivity index (χ2v) is 4.70. The van der Waals surface area contributed by atoms with Gasteiger partial charge in [0.05, 0.1) is 0 Å². The fraction of sp³-hybridized carbons (Fsp3) is 1.00. The van der Waals surface area contributed by atoms with Gasteiger partial charge in [-0.25, -0.2) is 0 Å². The molecule has 0 aliphatic rings. The molecule has 0 saturated carbocycles. The summed E-state index contributed by atoms with van der Waals surface area (Å²) in [6, 6.07) is 0. The van der Waals surface area contributed by atoms with Crippen LogP contribution in [0.4, 0.5) is 0 Å². The lowest BCUT2D eigenvalue weighted by Crippen LogP contribution is -2.53. The Balaban J connectivity index is 4.74. The number of nitrogens with two attached hydrogens (primary N) is 1. The number of rotatable bonds is 4. The lowest BCUT2D eigenvalue weighted by molar-refractivity contribution is 0.0842. The summed E-state index contributed by atoms with van der Waals surface area (Å²) >= 11 is 0. The highest BCUT2D eigenvalue weighted by Gasteiger charge is 2.40. The fourth-order valence-electron chi connectivity index (χ4n) is 1.88. The molecule has 0 spiro atoms. The van der Waals surface area contributed by atoms with Gasteiger partial charge in [0, 0.05) is 5.54 Å². The highest BCUT2D eigenvalue weighted by molar-refractivity contribution is 4.96. The monoisotopic (exact) mass is 171 g/mol. The van der Waals surface area contributed by atoms with Crippen LogP contribution < -0.4 is 5.73 Å². The molecule has 0 rings (SSSR count). The van der Waals surface area contributed by atoms with Gasteiger partial charge >= 0.3 is 0 Å². The van der Waals surface area contributed by atoms with Crippen LogP contribution in [0.25, 0.3) is 0 Å². The van der Waals surface area contributed by atoms with Crippen LogP contribution in [0.15, 0.2) is 0 Å². The third kappa shape index (κ3) is 1.82. The van der Waals surface area contributed by atoms with E-state index < -0.39 is 0 Å². The van der Waals surface area contributed by atoms with Gasteiger partial charge in [-0.05, 0) is 31.1 Å². The van der Waals surface area contributed by atoms with E-state index in [4.69, 9.17) is 5.73 Å². The zero-order valence-corrected chi connectivity index (χ0v) is 9.57. The van der Waals surface area contributed by atoms with Crippen molar-refractivity contribution in [3.8, 4) is 0 Å². The second kappa shape index (κ2) is 3.78. The summed E-state index contributed by atoms with van der Waals surface area (Å²) in [6.07, 6.45) is 2.21. The first-order valence-corrected chi connectivity index (χ1v) is 5.10. The van der Waals surface area contributed by atoms with E-state index in [0.29, 0.717) is 5.92 Å². The highest BCUT2D eigenvalue weighted by atomic mass is 14.8. The van der Waals surface area contributed by atoms with Crippen LogP contribution in [-0.4, -0.2) is 5.54 Å². The Labute approximate surface area is 77.7 Å². The van der Waals surface area contributed by atoms with Gasteiger partial charge in [-0.15, -0.1) is 0 Å². The van der Waals surface area contributed by atoms with Crippen molar-refractivity contribution in [3.63, 3.8) is 0 Å². The van der Waals surface area contributed by atoms with Gasteiger partial charge in [0.15, 0.2) is 0 Å². The van der Waals surface area contributed by atoms with E-state index in [1.165, 1.54) is 0 Å². The van der Waals surface area contributed by atoms with E-state index >= 15 is 0 Å². The minimum atomic E-state index is -0.0318. The van der Waals surface area contributed by atoms with Gasteiger partial charge in [-0.2, -0.15) is 0 Å². The van der Waals surface area contributed by atoms with E-state index in [1.807, 2.05) is 0 Å². The molecule has 2 atom stereocenters. The van der Waals surface area contributed by atoms with E-state index in [-0.39, 0.29) is 11.0 Å². The predicted octanol–water partition coefficient (Wildman–Crippen LogP) is 3.19. The first kappa shape index (κ1) is 12.0. The van der Waals surface area contributed by atoms with Gasteiger partial charge in [-0.1, -0.05) is 34.6 Å². The molecule has 0 fully saturated rings. The Kier molecular flexibility index (Phi) is 3.77. The number of hydrogen-bond acceptors (Lipinski definition) is 1. The zero-order valence-electron chi connectivity index (χ0n) is 9.57. The average molecular weight is 171 g/mol. The Morgan fingerprint density at radius 1 is 1.08 bits per heavy atom. The summed E-state index contributed by atoms with van der Waals surface area (Å²) < 4.78 is 0. The molecule has 0 aromatic heterocycles. The predicted molar refractivity (Wildman–Crippen MR) is 56.1 cm³/mol. The van der Waals surface area contributed by atoms with E-state index in [9.17, 15) is 0 Å². The Hall–Kier alpha value is -0.0400. The summed E-state index contributed by atoms with van der Waals surface area (Å²) in [7, 11) is 0. The van der Waals surface area contributed by atoms with Crippen molar-refractivity contribution in [2.24, 2.45) is 17.1 Å². The molecule has 74 valence electrons. The molecule has 0 aliphatic carbocycles. The van der Waals surface area contributed by atoms with Crippen molar-refractivity contribution < 1.29 is 0 Å². The minimum absolute atomic E-state index is 0.0318. The summed E-state index contributed by atoms with van der Waals surface area (Å²) in [4.78, 5) is 0. The highest BCUT2D eigenvalue weighted by Crippen LogP contribution is 2.41. The summed E-state index contributed by atoms with van der Waals surface area (Å²) in [6.45, 7) is 13.4. The Morgan fingerprint density at radius 3 is 1.58 bits per heavy atom. The van der Waals surface area contributed by atoms with Crippen LogP contribution in [0.5, 0.6) is 0 Å². The molecule has 0 heterocycles. The molecule has 0 radical (unpaired) electrons. The lowest BCUT2D eigenvalue weighted by atomic mass is 9.63. The molecule has 0 saturated heterocycles. The van der Waals surface area contributed by atoms with Crippen LogP contribution in [-0.2, 0) is 0 Å². The standard InChI is InChI=1S/C11H25N/c1-7-10(5,9(3)4)11(6,12)8-2/h9H,7-8,12H2,1-6H3. The molecule has 2 N–H and O–H groups in total. The van der Waals surface area contributed by atoms with Crippen molar-refractivity contribution in [1.29, 1.82) is 0 Å². The van der Waals surface area contributed by atoms with Crippen LogP contribution in [0.3, 0.4) is 0 Å². The molecule has 0 aliphatic heterocycles. The SMILES string of the molecule is CCC(C)(N)C(C)(CC)C(C)C. The topological polar surface area (TPSA) is 26.0 Å². The molecule has 0 aromatic rings. The largest absolute Gasteiger partial charge is 0.325 e. The van der Waals surface area contributed by atoms with Crippen LogP contribution in [0.2, 0.25) is 0 Å². The molecule has 12 heavy (non-hydrogen) atoms. The third-order valence-corrected chi connectivity index (χ3v) is 4.05. The van der Waals surface area contributed by atoms with E-state index in [1.54, 1.807) is 0 Å². The van der Waals surface area contributed by atoms with Crippen molar-refractivity contribution in [2.45, 2.75) is 59.9 Å². The molecule has 2 unspecified atom stereocenters. The van der Waals surface area contributed by atoms with Crippen LogP contribution >= 0.6 is 0 Å². The van der Waals surface area contributed by atoms with Crippen LogP contribution in [0.1, 0.15) is 54.4 Å². The van der Waals surface area contributed by atoms with Gasteiger partial charge in [0.25, 0.3) is 0 Å². The second-order valence-electron chi connectivity index (χ2n) is 4.70. The summed E-state index contributed by atoms with van der Waals surface area (Å²) in [5.41, 5.74) is 6.54. The smallest absolute Gasteiger partial charge is 0.0179 e. The van der Waals surface area contributed by atoms with Gasteiger partial charge in [0.1, 0.15) is 0 Å². The fourth-order valence-corrected chi connectivity index (χ4v) is 1.88. The van der Waals surface area contributed by atoms with E-state index in [2.05, 4.69) is 41.5 Å². The van der Waals surface area contributed by atoms with Gasteiger partial charge in [0.2, 0.25) is 0 Å². The van der Waals surface area contributed by atoms with Crippen molar-refractivity contribution in [1.82, 2.24) is 0 Å². The maximum Gasteiger partial charge on any atom is 0.0179 e. The molecule has 0 amide bonds. The van der Waals surface area contributed by atoms with E-state index in [0.717, 1.165) is 12.8 Å².